The Morgan fingerprint density at radius 3 is 2.12 bits per heavy atom. The van der Waals surface area contributed by atoms with Crippen molar-refractivity contribution >= 4 is 11.0 Å². The van der Waals surface area contributed by atoms with Gasteiger partial charge in [-0.15, -0.1) is 0 Å². The number of para-hydroxylation sites is 2. The van der Waals surface area contributed by atoms with E-state index in [-0.39, 0.29) is 0 Å². The van der Waals surface area contributed by atoms with Crippen LogP contribution in [0.1, 0.15) is 12.0 Å². The molecule has 0 fully saturated rings. The average Bonchev–Trinajstić information content (AvgIpc) is 3.33. The second-order valence-electron chi connectivity index (χ2n) is 7.93. The third-order valence-electron chi connectivity index (χ3n) is 5.40. The maximum atomic E-state index is 5.93. The van der Waals surface area contributed by atoms with Crippen LogP contribution in [0.15, 0.2) is 103 Å². The summed E-state index contributed by atoms with van der Waals surface area (Å²) in [5.41, 5.74) is 4.12. The number of ether oxygens (including phenoxy) is 3. The van der Waals surface area contributed by atoms with Crippen LogP contribution in [0.25, 0.3) is 22.4 Å². The zero-order valence-corrected chi connectivity index (χ0v) is 18.8. The van der Waals surface area contributed by atoms with E-state index in [0.29, 0.717) is 19.8 Å². The normalized spacial score (nSPS) is 10.8. The summed E-state index contributed by atoms with van der Waals surface area (Å²) in [6.45, 7) is 1.70. The first-order valence-electron chi connectivity index (χ1n) is 11.4. The maximum Gasteiger partial charge on any atom is 0.138 e. The molecule has 5 rings (SSSR count). The number of nitrogens with one attached hydrogen (secondary N) is 1. The molecular formula is C29H26N2O3. The van der Waals surface area contributed by atoms with Crippen molar-refractivity contribution in [2.75, 3.05) is 13.2 Å². The van der Waals surface area contributed by atoms with Crippen molar-refractivity contribution in [1.29, 1.82) is 0 Å². The summed E-state index contributed by atoms with van der Waals surface area (Å²) < 4.78 is 17.6. The molecule has 4 aromatic carbocycles. The minimum Gasteiger partial charge on any atom is -0.493 e. The van der Waals surface area contributed by atoms with Crippen LogP contribution in [0.4, 0.5) is 0 Å². The summed E-state index contributed by atoms with van der Waals surface area (Å²) in [7, 11) is 0. The van der Waals surface area contributed by atoms with Gasteiger partial charge in [-0.05, 0) is 54.1 Å². The number of nitrogens with zero attached hydrogens (tertiary/aromatic N) is 1. The summed E-state index contributed by atoms with van der Waals surface area (Å²) in [5.74, 6) is 3.30. The van der Waals surface area contributed by atoms with Crippen LogP contribution in [0.5, 0.6) is 17.2 Å². The minimum atomic E-state index is 0.552. The van der Waals surface area contributed by atoms with E-state index in [1.165, 1.54) is 0 Å². The fourth-order valence-electron chi connectivity index (χ4n) is 3.63. The SMILES string of the molecule is c1ccc(COc2ccc(OCCCOc3cccc(-c4nc5ccccc5[nH]4)c3)cc2)cc1. The lowest BCUT2D eigenvalue weighted by molar-refractivity contribution is 0.247. The molecule has 0 radical (unpaired) electrons. The highest BCUT2D eigenvalue weighted by molar-refractivity contribution is 5.79. The van der Waals surface area contributed by atoms with Crippen LogP contribution in [-0.4, -0.2) is 23.2 Å². The van der Waals surface area contributed by atoms with E-state index in [2.05, 4.69) is 22.1 Å². The highest BCUT2D eigenvalue weighted by atomic mass is 16.5. The third-order valence-corrected chi connectivity index (χ3v) is 5.40. The van der Waals surface area contributed by atoms with Crippen molar-refractivity contribution < 1.29 is 14.2 Å². The van der Waals surface area contributed by atoms with Gasteiger partial charge in [-0.2, -0.15) is 0 Å². The Bertz CT molecular complexity index is 1300. The molecule has 34 heavy (non-hydrogen) atoms. The molecule has 0 saturated heterocycles. The molecule has 0 aliphatic rings. The Kier molecular flexibility index (Phi) is 6.72. The van der Waals surface area contributed by atoms with E-state index in [4.69, 9.17) is 14.2 Å². The summed E-state index contributed by atoms with van der Waals surface area (Å²) in [6.07, 6.45) is 0.779. The molecule has 0 unspecified atom stereocenters. The molecule has 0 atom stereocenters. The van der Waals surface area contributed by atoms with Gasteiger partial charge in [-0.3, -0.25) is 0 Å². The Labute approximate surface area is 199 Å². The summed E-state index contributed by atoms with van der Waals surface area (Å²) in [6, 6.07) is 33.8. The first kappa shape index (κ1) is 21.6. The molecule has 5 aromatic rings. The summed E-state index contributed by atoms with van der Waals surface area (Å²) in [5, 5.41) is 0. The highest BCUT2D eigenvalue weighted by Crippen LogP contribution is 2.24. The number of hydrogen-bond acceptors (Lipinski definition) is 4. The fraction of sp³-hybridized carbons (Fsp3) is 0.138. The Morgan fingerprint density at radius 2 is 1.32 bits per heavy atom. The van der Waals surface area contributed by atoms with E-state index < -0.39 is 0 Å². The fourth-order valence-corrected chi connectivity index (χ4v) is 3.63. The number of rotatable bonds is 10. The van der Waals surface area contributed by atoms with Gasteiger partial charge in [0.2, 0.25) is 0 Å². The van der Waals surface area contributed by atoms with Crippen molar-refractivity contribution in [2.24, 2.45) is 0 Å². The number of aromatic amines is 1. The van der Waals surface area contributed by atoms with Gasteiger partial charge in [0.15, 0.2) is 0 Å². The molecule has 1 aromatic heterocycles. The van der Waals surface area contributed by atoms with Gasteiger partial charge in [0.05, 0.1) is 24.2 Å². The van der Waals surface area contributed by atoms with Crippen LogP contribution in [0, 0.1) is 0 Å². The first-order valence-corrected chi connectivity index (χ1v) is 11.4. The van der Waals surface area contributed by atoms with Crippen molar-refractivity contribution in [3.63, 3.8) is 0 Å². The van der Waals surface area contributed by atoms with Crippen LogP contribution in [0.2, 0.25) is 0 Å². The number of imidazole rings is 1. The van der Waals surface area contributed by atoms with Crippen molar-refractivity contribution in [3.05, 3.63) is 109 Å². The molecular weight excluding hydrogens is 424 g/mol. The quantitative estimate of drug-likeness (QED) is 0.242. The zero-order chi connectivity index (χ0) is 23.0. The van der Waals surface area contributed by atoms with Crippen molar-refractivity contribution in [2.45, 2.75) is 13.0 Å². The molecule has 0 amide bonds. The Balaban J connectivity index is 1.06. The number of benzene rings is 4. The second kappa shape index (κ2) is 10.6. The molecule has 1 heterocycles. The number of H-pyrrole nitrogens is 1. The monoisotopic (exact) mass is 450 g/mol. The molecule has 170 valence electrons. The van der Waals surface area contributed by atoms with Gasteiger partial charge in [0.25, 0.3) is 0 Å². The van der Waals surface area contributed by atoms with Gasteiger partial charge in [0.1, 0.15) is 29.7 Å². The second-order valence-corrected chi connectivity index (χ2v) is 7.93. The molecule has 0 saturated carbocycles. The third kappa shape index (κ3) is 5.56. The molecule has 5 nitrogen and oxygen atoms in total. The van der Waals surface area contributed by atoms with Crippen molar-refractivity contribution in [1.82, 2.24) is 9.97 Å². The van der Waals surface area contributed by atoms with Gasteiger partial charge in [-0.1, -0.05) is 54.6 Å². The standard InChI is InChI=1S/C29H26N2O3/c1-2-8-22(9-3-1)21-34-25-16-14-24(15-17-25)32-18-7-19-33-26-11-6-10-23(20-26)29-30-27-12-4-5-13-28(27)31-29/h1-6,8-17,20H,7,18-19,21H2,(H,30,31). The van der Waals surface area contributed by atoms with E-state index in [1.54, 1.807) is 0 Å². The van der Waals surface area contributed by atoms with Gasteiger partial charge in [-0.25, -0.2) is 4.98 Å². The molecule has 0 aliphatic heterocycles. The van der Waals surface area contributed by atoms with Crippen LogP contribution < -0.4 is 14.2 Å². The van der Waals surface area contributed by atoms with Crippen LogP contribution in [0.3, 0.4) is 0 Å². The predicted molar refractivity (Wildman–Crippen MR) is 134 cm³/mol. The predicted octanol–water partition coefficient (Wildman–Crippen LogP) is 6.66. The number of fused-ring (bicyclic) bond motifs is 1. The van der Waals surface area contributed by atoms with Crippen molar-refractivity contribution in [3.8, 4) is 28.6 Å². The number of hydrogen-bond donors (Lipinski definition) is 1. The average molecular weight is 451 g/mol. The lowest BCUT2D eigenvalue weighted by Gasteiger charge is -2.10. The van der Waals surface area contributed by atoms with E-state index in [9.17, 15) is 0 Å². The summed E-state index contributed by atoms with van der Waals surface area (Å²) >= 11 is 0. The van der Waals surface area contributed by atoms with E-state index in [1.807, 2.05) is 91.0 Å². The largest absolute Gasteiger partial charge is 0.493 e. The summed E-state index contributed by atoms with van der Waals surface area (Å²) in [4.78, 5) is 8.02. The van der Waals surface area contributed by atoms with Crippen LogP contribution in [-0.2, 0) is 6.61 Å². The lowest BCUT2D eigenvalue weighted by Crippen LogP contribution is -2.05. The maximum absolute atomic E-state index is 5.93. The van der Waals surface area contributed by atoms with E-state index in [0.717, 1.165) is 51.7 Å². The Hall–Kier alpha value is -4.25. The molecule has 0 spiro atoms. The van der Waals surface area contributed by atoms with Crippen LogP contribution >= 0.6 is 0 Å². The van der Waals surface area contributed by atoms with Gasteiger partial charge in [0, 0.05) is 12.0 Å². The smallest absolute Gasteiger partial charge is 0.138 e. The van der Waals surface area contributed by atoms with Gasteiger partial charge >= 0.3 is 0 Å². The number of aromatic nitrogens is 2. The Morgan fingerprint density at radius 1 is 0.618 bits per heavy atom. The zero-order valence-electron chi connectivity index (χ0n) is 18.8. The molecule has 0 aliphatic carbocycles. The minimum absolute atomic E-state index is 0.552. The molecule has 5 heteroatoms. The van der Waals surface area contributed by atoms with Gasteiger partial charge < -0.3 is 19.2 Å². The first-order chi connectivity index (χ1) is 16.8. The molecule has 0 bridgehead atoms. The lowest BCUT2D eigenvalue weighted by atomic mass is 10.2. The highest BCUT2D eigenvalue weighted by Gasteiger charge is 2.06. The van der Waals surface area contributed by atoms with E-state index >= 15 is 0 Å². The topological polar surface area (TPSA) is 56.4 Å². The molecule has 1 N–H and O–H groups in total.